The fourth-order valence-corrected chi connectivity index (χ4v) is 1.63. The zero-order valence-electron chi connectivity index (χ0n) is 10.00. The quantitative estimate of drug-likeness (QED) is 0.923. The monoisotopic (exact) mass is 267 g/mol. The predicted molar refractivity (Wildman–Crippen MR) is 65.0 cm³/mol. The maximum atomic E-state index is 13.6. The van der Waals surface area contributed by atoms with Gasteiger partial charge >= 0.3 is 0 Å². The van der Waals surface area contributed by atoms with Crippen LogP contribution in [0.5, 0.6) is 5.75 Å². The van der Waals surface area contributed by atoms with E-state index in [1.807, 2.05) is 0 Å². The van der Waals surface area contributed by atoms with E-state index in [4.69, 9.17) is 10.5 Å². The van der Waals surface area contributed by atoms with Gasteiger partial charge in [-0.2, -0.15) is 0 Å². The Morgan fingerprint density at radius 2 is 1.58 bits per heavy atom. The van der Waals surface area contributed by atoms with Crippen molar-refractivity contribution in [3.8, 4) is 5.75 Å². The molecule has 2 nitrogen and oxygen atoms in total. The molecule has 2 N–H and O–H groups in total. The summed E-state index contributed by atoms with van der Waals surface area (Å²) in [6.45, 7) is -0.218. The van der Waals surface area contributed by atoms with Crippen molar-refractivity contribution in [2.45, 2.75) is 13.2 Å². The molecule has 0 aliphatic carbocycles. The molecule has 0 saturated carbocycles. The third-order valence-corrected chi connectivity index (χ3v) is 2.62. The summed E-state index contributed by atoms with van der Waals surface area (Å²) >= 11 is 0. The van der Waals surface area contributed by atoms with Gasteiger partial charge in [0.25, 0.3) is 0 Å². The molecule has 0 amide bonds. The molecule has 2 rings (SSSR count). The van der Waals surface area contributed by atoms with Crippen molar-refractivity contribution in [2.24, 2.45) is 5.73 Å². The lowest BCUT2D eigenvalue weighted by Gasteiger charge is -2.10. The maximum absolute atomic E-state index is 13.6. The smallest absolute Gasteiger partial charge is 0.191 e. The number of hydrogen-bond donors (Lipinski definition) is 1. The van der Waals surface area contributed by atoms with Gasteiger partial charge in [0.2, 0.25) is 0 Å². The number of benzene rings is 2. The summed E-state index contributed by atoms with van der Waals surface area (Å²) in [4.78, 5) is 0. The SMILES string of the molecule is NCc1cc(F)c(OCc2ccccc2F)c(F)c1. The summed E-state index contributed by atoms with van der Waals surface area (Å²) in [5.41, 5.74) is 5.85. The second kappa shape index (κ2) is 5.75. The lowest BCUT2D eigenvalue weighted by Crippen LogP contribution is -2.04. The standard InChI is InChI=1S/C14H12F3NO/c15-11-4-2-1-3-10(11)8-19-14-12(16)5-9(7-18)6-13(14)17/h1-6H,7-8,18H2. The Hall–Kier alpha value is -2.01. The Morgan fingerprint density at radius 3 is 2.16 bits per heavy atom. The second-order valence-corrected chi connectivity index (χ2v) is 3.97. The van der Waals surface area contributed by atoms with Crippen molar-refractivity contribution in [3.05, 3.63) is 65.0 Å². The fourth-order valence-electron chi connectivity index (χ4n) is 1.63. The van der Waals surface area contributed by atoms with Crippen LogP contribution in [-0.4, -0.2) is 0 Å². The molecule has 0 fully saturated rings. The van der Waals surface area contributed by atoms with Gasteiger partial charge in [-0.25, -0.2) is 13.2 Å². The molecule has 0 saturated heterocycles. The van der Waals surface area contributed by atoms with Gasteiger partial charge in [0.1, 0.15) is 12.4 Å². The fraction of sp³-hybridized carbons (Fsp3) is 0.143. The van der Waals surface area contributed by atoms with Gasteiger partial charge in [-0.3, -0.25) is 0 Å². The normalized spacial score (nSPS) is 10.5. The minimum absolute atomic E-state index is 0.0292. The zero-order chi connectivity index (χ0) is 13.8. The van der Waals surface area contributed by atoms with Gasteiger partial charge in [0, 0.05) is 12.1 Å². The van der Waals surface area contributed by atoms with Crippen molar-refractivity contribution in [1.82, 2.24) is 0 Å². The van der Waals surface area contributed by atoms with Gasteiger partial charge in [-0.05, 0) is 23.8 Å². The first kappa shape index (κ1) is 13.4. The minimum atomic E-state index is -0.850. The second-order valence-electron chi connectivity index (χ2n) is 3.97. The van der Waals surface area contributed by atoms with Crippen LogP contribution in [0, 0.1) is 17.5 Å². The molecule has 19 heavy (non-hydrogen) atoms. The van der Waals surface area contributed by atoms with Gasteiger partial charge in [-0.15, -0.1) is 0 Å². The van der Waals surface area contributed by atoms with E-state index in [1.54, 1.807) is 6.07 Å². The van der Waals surface area contributed by atoms with Gasteiger partial charge in [0.05, 0.1) is 0 Å². The third-order valence-electron chi connectivity index (χ3n) is 2.62. The highest BCUT2D eigenvalue weighted by molar-refractivity contribution is 5.31. The summed E-state index contributed by atoms with van der Waals surface area (Å²) in [5.74, 6) is -2.71. The van der Waals surface area contributed by atoms with E-state index in [-0.39, 0.29) is 18.7 Å². The summed E-state index contributed by atoms with van der Waals surface area (Å²) in [6, 6.07) is 8.07. The lowest BCUT2D eigenvalue weighted by molar-refractivity contribution is 0.269. The number of ether oxygens (including phenoxy) is 1. The van der Waals surface area contributed by atoms with Crippen LogP contribution in [0.3, 0.4) is 0 Å². The highest BCUT2D eigenvalue weighted by Crippen LogP contribution is 2.24. The molecule has 5 heteroatoms. The molecule has 0 unspecified atom stereocenters. The molecule has 2 aromatic rings. The summed E-state index contributed by atoms with van der Waals surface area (Å²) in [6.07, 6.45) is 0. The average molecular weight is 267 g/mol. The van der Waals surface area contributed by atoms with Crippen molar-refractivity contribution in [2.75, 3.05) is 0 Å². The first-order valence-corrected chi connectivity index (χ1v) is 5.66. The molecule has 0 aromatic heterocycles. The summed E-state index contributed by atoms with van der Waals surface area (Å²) < 4.78 is 45.5. The molecule has 2 aromatic carbocycles. The topological polar surface area (TPSA) is 35.2 Å². The van der Waals surface area contributed by atoms with Gasteiger partial charge in [0.15, 0.2) is 17.4 Å². The Labute approximate surface area is 108 Å². The van der Waals surface area contributed by atoms with E-state index in [1.165, 1.54) is 18.2 Å². The average Bonchev–Trinajstić information content (AvgIpc) is 2.39. The minimum Gasteiger partial charge on any atom is -0.483 e. The van der Waals surface area contributed by atoms with Crippen molar-refractivity contribution in [1.29, 1.82) is 0 Å². The molecule has 0 radical (unpaired) electrons. The van der Waals surface area contributed by atoms with E-state index in [2.05, 4.69) is 0 Å². The molecule has 100 valence electrons. The number of halogens is 3. The van der Waals surface area contributed by atoms with Gasteiger partial charge < -0.3 is 10.5 Å². The molecular formula is C14H12F3NO. The Kier molecular flexibility index (Phi) is 4.06. The number of rotatable bonds is 4. The molecule has 0 atom stereocenters. The lowest BCUT2D eigenvalue weighted by atomic mass is 10.2. The number of nitrogens with two attached hydrogens (primary N) is 1. The van der Waals surface area contributed by atoms with Gasteiger partial charge in [-0.1, -0.05) is 18.2 Å². The van der Waals surface area contributed by atoms with E-state index in [0.717, 1.165) is 12.1 Å². The Bertz CT molecular complexity index is 564. The van der Waals surface area contributed by atoms with Crippen LogP contribution in [0.25, 0.3) is 0 Å². The zero-order valence-corrected chi connectivity index (χ0v) is 10.00. The highest BCUT2D eigenvalue weighted by Gasteiger charge is 2.13. The summed E-state index contributed by atoms with van der Waals surface area (Å²) in [7, 11) is 0. The van der Waals surface area contributed by atoms with E-state index >= 15 is 0 Å². The van der Waals surface area contributed by atoms with Crippen LogP contribution >= 0.6 is 0 Å². The van der Waals surface area contributed by atoms with Crippen molar-refractivity contribution < 1.29 is 17.9 Å². The van der Waals surface area contributed by atoms with E-state index < -0.39 is 23.2 Å². The van der Waals surface area contributed by atoms with Crippen LogP contribution in [0.4, 0.5) is 13.2 Å². The largest absolute Gasteiger partial charge is 0.483 e. The molecule has 0 spiro atoms. The van der Waals surface area contributed by atoms with Crippen molar-refractivity contribution in [3.63, 3.8) is 0 Å². The third kappa shape index (κ3) is 3.06. The Balaban J connectivity index is 2.18. The first-order valence-electron chi connectivity index (χ1n) is 5.66. The van der Waals surface area contributed by atoms with Crippen LogP contribution in [0.15, 0.2) is 36.4 Å². The van der Waals surface area contributed by atoms with Crippen molar-refractivity contribution >= 4 is 0 Å². The Morgan fingerprint density at radius 1 is 0.947 bits per heavy atom. The molecular weight excluding hydrogens is 255 g/mol. The first-order chi connectivity index (χ1) is 9.11. The van der Waals surface area contributed by atoms with Crippen LogP contribution in [-0.2, 0) is 13.2 Å². The number of hydrogen-bond acceptors (Lipinski definition) is 2. The highest BCUT2D eigenvalue weighted by atomic mass is 19.1. The van der Waals surface area contributed by atoms with E-state index in [0.29, 0.717) is 5.56 Å². The maximum Gasteiger partial charge on any atom is 0.191 e. The summed E-state index contributed by atoms with van der Waals surface area (Å²) in [5, 5.41) is 0. The molecule has 0 aliphatic rings. The van der Waals surface area contributed by atoms with Crippen LogP contribution in [0.1, 0.15) is 11.1 Å². The van der Waals surface area contributed by atoms with Crippen LogP contribution in [0.2, 0.25) is 0 Å². The van der Waals surface area contributed by atoms with Crippen LogP contribution < -0.4 is 10.5 Å². The predicted octanol–water partition coefficient (Wildman–Crippen LogP) is 3.14. The van der Waals surface area contributed by atoms with E-state index in [9.17, 15) is 13.2 Å². The molecule has 0 bridgehead atoms. The molecule has 0 heterocycles. The molecule has 0 aliphatic heterocycles.